The van der Waals surface area contributed by atoms with Crippen LogP contribution in [-0.4, -0.2) is 30.3 Å². The molecule has 3 rings (SSSR count). The summed E-state index contributed by atoms with van der Waals surface area (Å²) in [7, 11) is 1.53. The largest absolute Gasteiger partial charge is 0.496 e. The Kier molecular flexibility index (Phi) is 4.86. The molecule has 1 saturated carbocycles. The standard InChI is InChI=1S/C17H18N4O3S/c1-24-12-5-3-2-4-10(12)13-11(8-18)15(19)25-14(13)16(22)21-17(23)20-9-6-7-9/h2-5,9,13-14H,6-7,19H2,1H3,(H2,20,21,22,23). The van der Waals surface area contributed by atoms with Gasteiger partial charge in [-0.15, -0.1) is 0 Å². The van der Waals surface area contributed by atoms with Gasteiger partial charge < -0.3 is 15.8 Å². The summed E-state index contributed by atoms with van der Waals surface area (Å²) >= 11 is 1.09. The van der Waals surface area contributed by atoms with Crippen LogP contribution in [0, 0.1) is 11.3 Å². The van der Waals surface area contributed by atoms with E-state index in [9.17, 15) is 14.9 Å². The van der Waals surface area contributed by atoms with Crippen LogP contribution >= 0.6 is 11.8 Å². The minimum absolute atomic E-state index is 0.145. The lowest BCUT2D eigenvalue weighted by molar-refractivity contribution is -0.119. The highest BCUT2D eigenvalue weighted by molar-refractivity contribution is 8.04. The van der Waals surface area contributed by atoms with Crippen LogP contribution in [0.4, 0.5) is 4.79 Å². The average Bonchev–Trinajstić information content (AvgIpc) is 3.34. The molecule has 2 atom stereocenters. The number of rotatable bonds is 4. The minimum atomic E-state index is -0.712. The lowest BCUT2D eigenvalue weighted by atomic mass is 9.88. The lowest BCUT2D eigenvalue weighted by Crippen LogP contribution is -2.45. The number of nitrogens with zero attached hydrogens (tertiary/aromatic N) is 1. The Labute approximate surface area is 149 Å². The second-order valence-corrected chi connectivity index (χ2v) is 7.07. The van der Waals surface area contributed by atoms with Crippen molar-refractivity contribution in [3.63, 3.8) is 0 Å². The van der Waals surface area contributed by atoms with E-state index in [0.29, 0.717) is 21.9 Å². The highest BCUT2D eigenvalue weighted by Crippen LogP contribution is 2.47. The number of hydrogen-bond donors (Lipinski definition) is 3. The average molecular weight is 358 g/mol. The predicted molar refractivity (Wildman–Crippen MR) is 93.6 cm³/mol. The van der Waals surface area contributed by atoms with Gasteiger partial charge >= 0.3 is 6.03 Å². The van der Waals surface area contributed by atoms with E-state index in [2.05, 4.69) is 16.7 Å². The maximum atomic E-state index is 12.6. The first-order valence-electron chi connectivity index (χ1n) is 7.85. The van der Waals surface area contributed by atoms with Crippen LogP contribution in [0.2, 0.25) is 0 Å². The summed E-state index contributed by atoms with van der Waals surface area (Å²) in [5.74, 6) is -0.483. The van der Waals surface area contributed by atoms with Crippen LogP contribution in [-0.2, 0) is 4.79 Å². The second-order valence-electron chi connectivity index (χ2n) is 5.88. The molecule has 130 valence electrons. The molecule has 1 aliphatic heterocycles. The van der Waals surface area contributed by atoms with Crippen LogP contribution < -0.4 is 21.1 Å². The number of thioether (sulfide) groups is 1. The van der Waals surface area contributed by atoms with Crippen molar-refractivity contribution in [3.05, 3.63) is 40.4 Å². The SMILES string of the molecule is COc1ccccc1C1C(C#N)=C(N)SC1C(=O)NC(=O)NC1CC1. The van der Waals surface area contributed by atoms with Crippen molar-refractivity contribution in [1.82, 2.24) is 10.6 Å². The maximum absolute atomic E-state index is 12.6. The third-order valence-electron chi connectivity index (χ3n) is 4.14. The monoisotopic (exact) mass is 358 g/mol. The Hall–Kier alpha value is -2.66. The zero-order valence-corrected chi connectivity index (χ0v) is 14.4. The van der Waals surface area contributed by atoms with Gasteiger partial charge in [-0.05, 0) is 18.9 Å². The zero-order chi connectivity index (χ0) is 18.0. The highest BCUT2D eigenvalue weighted by atomic mass is 32.2. The normalized spacial score (nSPS) is 22.2. The molecule has 0 saturated heterocycles. The van der Waals surface area contributed by atoms with Gasteiger partial charge in [0.1, 0.15) is 11.0 Å². The Balaban J connectivity index is 1.86. The smallest absolute Gasteiger partial charge is 0.321 e. The molecule has 25 heavy (non-hydrogen) atoms. The lowest BCUT2D eigenvalue weighted by Gasteiger charge is -2.21. The summed E-state index contributed by atoms with van der Waals surface area (Å²) < 4.78 is 5.36. The number of nitrogens with one attached hydrogen (secondary N) is 2. The van der Waals surface area contributed by atoms with Crippen molar-refractivity contribution in [3.8, 4) is 11.8 Å². The van der Waals surface area contributed by atoms with E-state index < -0.39 is 23.1 Å². The molecular weight excluding hydrogens is 340 g/mol. The second kappa shape index (κ2) is 7.07. The molecule has 7 nitrogen and oxygen atoms in total. The van der Waals surface area contributed by atoms with Crippen molar-refractivity contribution in [2.24, 2.45) is 5.73 Å². The topological polar surface area (TPSA) is 117 Å². The molecule has 1 aromatic rings. The van der Waals surface area contributed by atoms with Gasteiger partial charge in [-0.3, -0.25) is 10.1 Å². The summed E-state index contributed by atoms with van der Waals surface area (Å²) in [4.78, 5) is 24.5. The predicted octanol–water partition coefficient (Wildman–Crippen LogP) is 1.58. The summed E-state index contributed by atoms with van der Waals surface area (Å²) in [6, 6.07) is 8.89. The van der Waals surface area contributed by atoms with Gasteiger partial charge in [0.2, 0.25) is 5.91 Å². The minimum Gasteiger partial charge on any atom is -0.496 e. The van der Waals surface area contributed by atoms with Crippen LogP contribution in [0.25, 0.3) is 0 Å². The van der Waals surface area contributed by atoms with Gasteiger partial charge in [0.15, 0.2) is 0 Å². The maximum Gasteiger partial charge on any atom is 0.321 e. The molecule has 1 heterocycles. The molecule has 1 aromatic carbocycles. The molecular formula is C17H18N4O3S. The van der Waals surface area contributed by atoms with E-state index in [1.165, 1.54) is 7.11 Å². The van der Waals surface area contributed by atoms with Gasteiger partial charge in [0.25, 0.3) is 0 Å². The third kappa shape index (κ3) is 3.56. The molecule has 0 aromatic heterocycles. The first kappa shape index (κ1) is 17.2. The molecule has 1 fully saturated rings. The first-order chi connectivity index (χ1) is 12.0. The van der Waals surface area contributed by atoms with Gasteiger partial charge in [0, 0.05) is 17.5 Å². The van der Waals surface area contributed by atoms with Gasteiger partial charge in [-0.2, -0.15) is 5.26 Å². The van der Waals surface area contributed by atoms with Crippen molar-refractivity contribution >= 4 is 23.7 Å². The number of para-hydroxylation sites is 1. The third-order valence-corrected chi connectivity index (χ3v) is 5.35. The van der Waals surface area contributed by atoms with Gasteiger partial charge in [-0.1, -0.05) is 30.0 Å². The summed E-state index contributed by atoms with van der Waals surface area (Å²) in [6.45, 7) is 0. The molecule has 0 radical (unpaired) electrons. The summed E-state index contributed by atoms with van der Waals surface area (Å²) in [5, 5.41) is 14.1. The number of carbonyl (C=O) groups excluding carboxylic acids is 2. The number of nitrogens with two attached hydrogens (primary N) is 1. The quantitative estimate of drug-likeness (QED) is 0.752. The molecule has 3 amide bonds. The molecule has 8 heteroatoms. The van der Waals surface area contributed by atoms with Gasteiger partial charge in [0.05, 0.1) is 23.8 Å². The molecule has 4 N–H and O–H groups in total. The number of amides is 3. The van der Waals surface area contributed by atoms with Crippen molar-refractivity contribution in [1.29, 1.82) is 5.26 Å². The van der Waals surface area contributed by atoms with E-state index in [1.807, 2.05) is 6.07 Å². The van der Waals surface area contributed by atoms with Crippen LogP contribution in [0.5, 0.6) is 5.75 Å². The van der Waals surface area contributed by atoms with E-state index in [0.717, 1.165) is 24.6 Å². The van der Waals surface area contributed by atoms with E-state index in [4.69, 9.17) is 10.5 Å². The molecule has 1 aliphatic carbocycles. The van der Waals surface area contributed by atoms with E-state index in [-0.39, 0.29) is 6.04 Å². The number of carbonyl (C=O) groups is 2. The number of hydrogen-bond acceptors (Lipinski definition) is 6. The zero-order valence-electron chi connectivity index (χ0n) is 13.6. The molecule has 2 unspecified atom stereocenters. The Morgan fingerprint density at radius 3 is 2.72 bits per heavy atom. The van der Waals surface area contributed by atoms with Crippen molar-refractivity contribution in [2.75, 3.05) is 7.11 Å². The fraction of sp³-hybridized carbons (Fsp3) is 0.353. The summed E-state index contributed by atoms with van der Waals surface area (Å²) in [5.41, 5.74) is 6.97. The number of allylic oxidation sites excluding steroid dienone is 1. The number of ether oxygens (including phenoxy) is 1. The van der Waals surface area contributed by atoms with Crippen LogP contribution in [0.3, 0.4) is 0 Å². The Morgan fingerprint density at radius 2 is 2.08 bits per heavy atom. The summed E-state index contributed by atoms with van der Waals surface area (Å²) in [6.07, 6.45) is 1.85. The number of imide groups is 1. The van der Waals surface area contributed by atoms with Gasteiger partial charge in [-0.25, -0.2) is 4.79 Å². The first-order valence-corrected chi connectivity index (χ1v) is 8.73. The van der Waals surface area contributed by atoms with Crippen LogP contribution in [0.1, 0.15) is 24.3 Å². The molecule has 0 spiro atoms. The fourth-order valence-electron chi connectivity index (χ4n) is 2.78. The van der Waals surface area contributed by atoms with Crippen LogP contribution in [0.15, 0.2) is 34.9 Å². The molecule has 0 bridgehead atoms. The number of benzene rings is 1. The van der Waals surface area contributed by atoms with E-state index in [1.54, 1.807) is 18.2 Å². The Morgan fingerprint density at radius 1 is 1.36 bits per heavy atom. The van der Waals surface area contributed by atoms with Crippen molar-refractivity contribution < 1.29 is 14.3 Å². The van der Waals surface area contributed by atoms with E-state index >= 15 is 0 Å². The highest BCUT2D eigenvalue weighted by Gasteiger charge is 2.42. The van der Waals surface area contributed by atoms with Crippen molar-refractivity contribution in [2.45, 2.75) is 30.1 Å². The number of methoxy groups -OCH3 is 1. The Bertz CT molecular complexity index is 782. The number of urea groups is 1. The fourth-order valence-corrected chi connectivity index (χ4v) is 3.93. The molecule has 2 aliphatic rings. The number of nitriles is 1.